The van der Waals surface area contributed by atoms with Crippen molar-refractivity contribution in [1.82, 2.24) is 9.97 Å². The molecule has 2 heterocycles. The van der Waals surface area contributed by atoms with Gasteiger partial charge in [-0.1, -0.05) is 6.07 Å². The minimum absolute atomic E-state index is 0.331. The van der Waals surface area contributed by atoms with Crippen molar-refractivity contribution < 1.29 is 0 Å². The van der Waals surface area contributed by atoms with E-state index < -0.39 is 0 Å². The van der Waals surface area contributed by atoms with Gasteiger partial charge >= 0.3 is 0 Å². The minimum Gasteiger partial charge on any atom is -0.368 e. The maximum Gasteiger partial charge on any atom is 0.220 e. The van der Waals surface area contributed by atoms with Crippen molar-refractivity contribution in [2.45, 2.75) is 12.8 Å². The van der Waals surface area contributed by atoms with Crippen LogP contribution in [0.15, 0.2) is 23.6 Å². The molecule has 0 bridgehead atoms. The third-order valence-electron chi connectivity index (χ3n) is 2.19. The third-order valence-corrected chi connectivity index (χ3v) is 3.06. The van der Waals surface area contributed by atoms with Gasteiger partial charge in [-0.3, -0.25) is 0 Å². The highest BCUT2D eigenvalue weighted by Gasteiger charge is 2.03. The van der Waals surface area contributed by atoms with Crippen molar-refractivity contribution in [3.8, 4) is 0 Å². The molecule has 0 aliphatic rings. The zero-order valence-electron chi connectivity index (χ0n) is 8.89. The first kappa shape index (κ1) is 11.0. The summed E-state index contributed by atoms with van der Waals surface area (Å²) in [5.74, 6) is 0.331. The molecule has 0 unspecified atom stereocenters. The van der Waals surface area contributed by atoms with Crippen LogP contribution in [0.4, 0.5) is 5.95 Å². The molecular formula is C11H14N4S. The van der Waals surface area contributed by atoms with Crippen LogP contribution in [0.2, 0.25) is 0 Å². The van der Waals surface area contributed by atoms with Crippen LogP contribution < -0.4 is 11.5 Å². The maximum absolute atomic E-state index is 5.66. The quantitative estimate of drug-likeness (QED) is 0.833. The van der Waals surface area contributed by atoms with Gasteiger partial charge in [-0.25, -0.2) is 9.97 Å². The van der Waals surface area contributed by atoms with Crippen molar-refractivity contribution in [3.63, 3.8) is 0 Å². The normalized spacial score (nSPS) is 10.6. The van der Waals surface area contributed by atoms with E-state index in [1.165, 1.54) is 4.88 Å². The van der Waals surface area contributed by atoms with Crippen LogP contribution in [0.3, 0.4) is 0 Å². The number of hydrogen-bond donors (Lipinski definition) is 2. The molecule has 5 heteroatoms. The lowest BCUT2D eigenvalue weighted by molar-refractivity contribution is 0.899. The van der Waals surface area contributed by atoms with Crippen LogP contribution in [0.5, 0.6) is 0 Å². The molecule has 0 saturated carbocycles. The SMILES string of the molecule is NCCc1cc(Cc2cccs2)nc(N)n1. The van der Waals surface area contributed by atoms with Crippen LogP contribution in [0, 0.1) is 0 Å². The summed E-state index contributed by atoms with van der Waals surface area (Å²) in [7, 11) is 0. The summed E-state index contributed by atoms with van der Waals surface area (Å²) in [6.07, 6.45) is 1.55. The standard InChI is InChI=1S/C11H14N4S/c12-4-3-8-6-9(15-11(13)14-8)7-10-2-1-5-16-10/h1-2,5-6H,3-4,7,12H2,(H2,13,14,15). The lowest BCUT2D eigenvalue weighted by Gasteiger charge is -2.03. The van der Waals surface area contributed by atoms with Crippen molar-refractivity contribution >= 4 is 17.3 Å². The Balaban J connectivity index is 2.20. The molecule has 0 radical (unpaired) electrons. The Hall–Kier alpha value is -1.46. The largest absolute Gasteiger partial charge is 0.368 e. The van der Waals surface area contributed by atoms with Crippen molar-refractivity contribution in [2.75, 3.05) is 12.3 Å². The summed E-state index contributed by atoms with van der Waals surface area (Å²) in [6.45, 7) is 0.578. The van der Waals surface area contributed by atoms with Gasteiger partial charge in [-0.15, -0.1) is 11.3 Å². The molecule has 0 spiro atoms. The summed E-state index contributed by atoms with van der Waals surface area (Å²) >= 11 is 1.72. The molecule has 84 valence electrons. The Morgan fingerprint density at radius 2 is 2.06 bits per heavy atom. The van der Waals surface area contributed by atoms with E-state index in [4.69, 9.17) is 11.5 Å². The van der Waals surface area contributed by atoms with Crippen LogP contribution in [0.1, 0.15) is 16.3 Å². The predicted octanol–water partition coefficient (Wildman–Crippen LogP) is 1.21. The number of nitrogens with zero attached hydrogens (tertiary/aromatic N) is 2. The highest BCUT2D eigenvalue weighted by atomic mass is 32.1. The van der Waals surface area contributed by atoms with E-state index in [-0.39, 0.29) is 0 Å². The molecule has 4 nitrogen and oxygen atoms in total. The molecule has 0 saturated heterocycles. The van der Waals surface area contributed by atoms with Gasteiger partial charge in [0.15, 0.2) is 0 Å². The third kappa shape index (κ3) is 2.77. The molecule has 0 aromatic carbocycles. The molecule has 16 heavy (non-hydrogen) atoms. The molecule has 2 aromatic heterocycles. The number of hydrogen-bond acceptors (Lipinski definition) is 5. The fourth-order valence-corrected chi connectivity index (χ4v) is 2.25. The molecule has 0 amide bonds. The lowest BCUT2D eigenvalue weighted by Crippen LogP contribution is -2.08. The summed E-state index contributed by atoms with van der Waals surface area (Å²) in [4.78, 5) is 9.64. The number of nitrogens with two attached hydrogens (primary N) is 2. The van der Waals surface area contributed by atoms with E-state index in [0.29, 0.717) is 12.5 Å². The zero-order chi connectivity index (χ0) is 11.4. The molecule has 4 N–H and O–H groups in total. The predicted molar refractivity (Wildman–Crippen MR) is 66.3 cm³/mol. The van der Waals surface area contributed by atoms with Gasteiger partial charge < -0.3 is 11.5 Å². The Kier molecular flexibility index (Phi) is 3.48. The number of anilines is 1. The summed E-state index contributed by atoms with van der Waals surface area (Å²) < 4.78 is 0. The van der Waals surface area contributed by atoms with E-state index in [2.05, 4.69) is 21.4 Å². The number of aromatic nitrogens is 2. The van der Waals surface area contributed by atoms with E-state index >= 15 is 0 Å². The summed E-state index contributed by atoms with van der Waals surface area (Å²) in [5, 5.41) is 2.06. The average molecular weight is 234 g/mol. The van der Waals surface area contributed by atoms with Gasteiger partial charge in [-0.2, -0.15) is 0 Å². The maximum atomic E-state index is 5.66. The van der Waals surface area contributed by atoms with Gasteiger partial charge in [-0.05, 0) is 24.1 Å². The average Bonchev–Trinajstić information content (AvgIpc) is 2.70. The topological polar surface area (TPSA) is 77.8 Å². The summed E-state index contributed by atoms with van der Waals surface area (Å²) in [6, 6.07) is 6.10. The van der Waals surface area contributed by atoms with Gasteiger partial charge in [0.25, 0.3) is 0 Å². The molecule has 0 fully saturated rings. The Morgan fingerprint density at radius 3 is 2.75 bits per heavy atom. The molecule has 2 rings (SSSR count). The Morgan fingerprint density at radius 1 is 1.25 bits per heavy atom. The molecule has 2 aromatic rings. The first-order valence-electron chi connectivity index (χ1n) is 5.12. The van der Waals surface area contributed by atoms with Crippen LogP contribution in [0.25, 0.3) is 0 Å². The second kappa shape index (κ2) is 5.05. The highest BCUT2D eigenvalue weighted by molar-refractivity contribution is 7.09. The second-order valence-electron chi connectivity index (χ2n) is 3.50. The van der Waals surface area contributed by atoms with Crippen LogP contribution >= 0.6 is 11.3 Å². The monoisotopic (exact) mass is 234 g/mol. The fraction of sp³-hybridized carbons (Fsp3) is 0.273. The van der Waals surface area contributed by atoms with Gasteiger partial charge in [0.05, 0.1) is 5.69 Å². The molecule has 0 aliphatic carbocycles. The first-order valence-corrected chi connectivity index (χ1v) is 6.00. The second-order valence-corrected chi connectivity index (χ2v) is 4.54. The van der Waals surface area contributed by atoms with Gasteiger partial charge in [0.2, 0.25) is 5.95 Å². The van der Waals surface area contributed by atoms with Crippen molar-refractivity contribution in [1.29, 1.82) is 0 Å². The lowest BCUT2D eigenvalue weighted by atomic mass is 10.2. The van der Waals surface area contributed by atoms with E-state index in [1.54, 1.807) is 11.3 Å². The van der Waals surface area contributed by atoms with Crippen LogP contribution in [-0.2, 0) is 12.8 Å². The summed E-state index contributed by atoms with van der Waals surface area (Å²) in [5.41, 5.74) is 13.0. The number of rotatable bonds is 4. The molecule has 0 aliphatic heterocycles. The fourth-order valence-electron chi connectivity index (χ4n) is 1.53. The van der Waals surface area contributed by atoms with Gasteiger partial charge in [0.1, 0.15) is 0 Å². The first-order chi connectivity index (χ1) is 7.78. The number of thiophene rings is 1. The van der Waals surface area contributed by atoms with Gasteiger partial charge in [0, 0.05) is 23.4 Å². The molecular weight excluding hydrogens is 220 g/mol. The van der Waals surface area contributed by atoms with Crippen molar-refractivity contribution in [2.24, 2.45) is 5.73 Å². The van der Waals surface area contributed by atoms with E-state index in [9.17, 15) is 0 Å². The van der Waals surface area contributed by atoms with Crippen LogP contribution in [-0.4, -0.2) is 16.5 Å². The van der Waals surface area contributed by atoms with Crippen molar-refractivity contribution in [3.05, 3.63) is 39.8 Å². The minimum atomic E-state index is 0.331. The Labute approximate surface area is 98.3 Å². The smallest absolute Gasteiger partial charge is 0.220 e. The van der Waals surface area contributed by atoms with E-state index in [0.717, 1.165) is 24.2 Å². The Bertz CT molecular complexity index is 453. The highest BCUT2D eigenvalue weighted by Crippen LogP contribution is 2.14. The number of nitrogen functional groups attached to an aromatic ring is 1. The molecule has 0 atom stereocenters. The van der Waals surface area contributed by atoms with E-state index in [1.807, 2.05) is 12.1 Å². The zero-order valence-corrected chi connectivity index (χ0v) is 9.70.